The van der Waals surface area contributed by atoms with Crippen molar-refractivity contribution in [3.05, 3.63) is 98.2 Å². The molecule has 2 aliphatic heterocycles. The third kappa shape index (κ3) is 5.54. The number of thioether (sulfide) groups is 1. The van der Waals surface area contributed by atoms with Gasteiger partial charge in [-0.2, -0.15) is 0 Å². The van der Waals surface area contributed by atoms with Crippen LogP contribution in [0.3, 0.4) is 0 Å². The van der Waals surface area contributed by atoms with E-state index < -0.39 is 51.5 Å². The lowest BCUT2D eigenvalue weighted by molar-refractivity contribution is -0.122. The van der Waals surface area contributed by atoms with Gasteiger partial charge in [0.1, 0.15) is 17.6 Å². The van der Waals surface area contributed by atoms with E-state index >= 15 is 0 Å². The van der Waals surface area contributed by atoms with E-state index in [0.29, 0.717) is 21.2 Å². The second kappa shape index (κ2) is 12.4. The topological polar surface area (TPSA) is 144 Å². The smallest absolute Gasteiger partial charge is 0.338 e. The van der Waals surface area contributed by atoms with Crippen molar-refractivity contribution in [2.75, 3.05) is 23.9 Å². The molecule has 2 N–H and O–H groups in total. The maximum absolute atomic E-state index is 14.1. The molecule has 0 unspecified atom stereocenters. The number of amides is 3. The minimum Gasteiger partial charge on any atom is -0.504 e. The average Bonchev–Trinajstić information content (AvgIpc) is 3.48. The summed E-state index contributed by atoms with van der Waals surface area (Å²) in [7, 11) is 1.38. The molecule has 3 atom stereocenters. The second-order valence-electron chi connectivity index (χ2n) is 10.4. The van der Waals surface area contributed by atoms with Crippen LogP contribution < -0.4 is 19.8 Å². The Labute approximate surface area is 269 Å². The van der Waals surface area contributed by atoms with E-state index in [0.717, 1.165) is 28.0 Å². The molecule has 11 nitrogen and oxygen atoms in total. The van der Waals surface area contributed by atoms with E-state index in [4.69, 9.17) is 9.47 Å². The number of imide groups is 1. The molecule has 2 aliphatic rings. The molecule has 3 heterocycles. The number of carbonyl (C=O) groups is 4. The zero-order valence-corrected chi connectivity index (χ0v) is 26.0. The molecule has 0 spiro atoms. The lowest BCUT2D eigenvalue weighted by atomic mass is 9.83. The molecule has 1 fully saturated rings. The highest BCUT2D eigenvalue weighted by Crippen LogP contribution is 2.54. The van der Waals surface area contributed by atoms with Gasteiger partial charge in [-0.3, -0.25) is 23.7 Å². The van der Waals surface area contributed by atoms with Gasteiger partial charge in [-0.15, -0.1) is 0 Å². The van der Waals surface area contributed by atoms with E-state index in [9.17, 15) is 33.5 Å². The minimum absolute atomic E-state index is 0.131. The molecule has 46 heavy (non-hydrogen) atoms. The van der Waals surface area contributed by atoms with Crippen molar-refractivity contribution in [1.29, 1.82) is 0 Å². The number of ether oxygens (including phenoxy) is 2. The van der Waals surface area contributed by atoms with Gasteiger partial charge in [-0.1, -0.05) is 29.2 Å². The van der Waals surface area contributed by atoms with Gasteiger partial charge in [0, 0.05) is 16.5 Å². The first kappa shape index (κ1) is 31.0. The summed E-state index contributed by atoms with van der Waals surface area (Å²) in [4.78, 5) is 67.7. The number of aromatic nitrogens is 1. The highest BCUT2D eigenvalue weighted by Gasteiger charge is 2.57. The van der Waals surface area contributed by atoms with Gasteiger partial charge >= 0.3 is 10.8 Å². The van der Waals surface area contributed by atoms with Crippen LogP contribution >= 0.6 is 23.1 Å². The summed E-state index contributed by atoms with van der Waals surface area (Å²) in [6.07, 6.45) is 0. The van der Waals surface area contributed by atoms with Crippen LogP contribution in [0.2, 0.25) is 0 Å². The highest BCUT2D eigenvalue weighted by molar-refractivity contribution is 8.00. The van der Waals surface area contributed by atoms with Crippen molar-refractivity contribution < 1.29 is 38.1 Å². The van der Waals surface area contributed by atoms with E-state index in [1.54, 1.807) is 19.1 Å². The summed E-state index contributed by atoms with van der Waals surface area (Å²) in [6.45, 7) is 1.49. The number of hydrogen-bond acceptors (Lipinski definition) is 10. The molecule has 0 radical (unpaired) electrons. The Morgan fingerprint density at radius 3 is 2.39 bits per heavy atom. The van der Waals surface area contributed by atoms with Crippen molar-refractivity contribution in [3.63, 3.8) is 0 Å². The molecular weight excluding hydrogens is 637 g/mol. The number of carbonyl (C=O) groups excluding carboxylic acids is 4. The summed E-state index contributed by atoms with van der Waals surface area (Å²) in [6, 6.07) is 15.7. The first-order valence-electron chi connectivity index (χ1n) is 14.1. The fourth-order valence-electron chi connectivity index (χ4n) is 5.59. The summed E-state index contributed by atoms with van der Waals surface area (Å²) in [5.74, 6) is -4.30. The molecule has 14 heteroatoms. The van der Waals surface area contributed by atoms with Crippen molar-refractivity contribution in [2.24, 2.45) is 5.92 Å². The SMILES string of the molecule is CCOC(=O)c1ccc(N2C(=O)[C@@H]3[C@H](c4ccc(O)c(OC)c4)c4sc(=O)n(CC(=O)Nc5ccc(F)cc5)c4S[C@@H]3C2=O)cc1. The Hall–Kier alpha value is -4.95. The number of phenolic OH excluding ortho intramolecular Hbond substituents is 1. The Morgan fingerprint density at radius 1 is 1.00 bits per heavy atom. The van der Waals surface area contributed by atoms with Gasteiger partial charge in [0.2, 0.25) is 17.7 Å². The zero-order valence-electron chi connectivity index (χ0n) is 24.4. The predicted molar refractivity (Wildman–Crippen MR) is 168 cm³/mol. The van der Waals surface area contributed by atoms with Gasteiger partial charge in [-0.05, 0) is 73.2 Å². The van der Waals surface area contributed by atoms with Crippen molar-refractivity contribution in [2.45, 2.75) is 29.7 Å². The number of nitrogens with zero attached hydrogens (tertiary/aromatic N) is 2. The van der Waals surface area contributed by atoms with Gasteiger partial charge in [0.25, 0.3) is 0 Å². The summed E-state index contributed by atoms with van der Waals surface area (Å²) in [5, 5.41) is 12.3. The molecule has 0 aliphatic carbocycles. The number of fused-ring (bicyclic) bond motifs is 2. The van der Waals surface area contributed by atoms with Gasteiger partial charge in [-0.25, -0.2) is 14.1 Å². The molecule has 3 aromatic carbocycles. The van der Waals surface area contributed by atoms with Crippen molar-refractivity contribution in [1.82, 2.24) is 4.57 Å². The number of anilines is 2. The molecule has 1 saturated heterocycles. The number of methoxy groups -OCH3 is 1. The first-order valence-corrected chi connectivity index (χ1v) is 15.8. The summed E-state index contributed by atoms with van der Waals surface area (Å²) in [5.41, 5.74) is 1.39. The van der Waals surface area contributed by atoms with E-state index in [2.05, 4.69) is 5.32 Å². The number of esters is 1. The highest BCUT2D eigenvalue weighted by atomic mass is 32.2. The van der Waals surface area contributed by atoms with Gasteiger partial charge in [0.05, 0.1) is 35.9 Å². The summed E-state index contributed by atoms with van der Waals surface area (Å²) >= 11 is 1.91. The second-order valence-corrected chi connectivity index (χ2v) is 12.6. The lowest BCUT2D eigenvalue weighted by Gasteiger charge is -2.31. The van der Waals surface area contributed by atoms with Gasteiger partial charge in [0.15, 0.2) is 11.5 Å². The monoisotopic (exact) mass is 663 g/mol. The fourth-order valence-corrected chi connectivity index (χ4v) is 8.37. The van der Waals surface area contributed by atoms with E-state index in [1.165, 1.54) is 66.3 Å². The van der Waals surface area contributed by atoms with E-state index in [-0.39, 0.29) is 35.9 Å². The molecule has 236 valence electrons. The molecule has 1 aromatic heterocycles. The Kier molecular flexibility index (Phi) is 8.40. The molecule has 6 rings (SSSR count). The number of phenols is 1. The number of nitrogens with one attached hydrogen (secondary N) is 1. The largest absolute Gasteiger partial charge is 0.504 e. The van der Waals surface area contributed by atoms with Crippen LogP contribution in [-0.4, -0.2) is 52.3 Å². The standard InChI is InChI=1S/C32H26FN3O8S2/c1-3-44-31(41)16-4-11-20(12-5-16)36-28(39)25-24(17-6-13-21(37)22(14-17)43-2)27-30(45-26(25)29(36)40)35(32(42)46-27)15-23(38)34-19-9-7-18(33)8-10-19/h4-14,24-26,37H,3,15H2,1-2H3,(H,34,38)/t24-,25+,26-/m0/s1. The lowest BCUT2D eigenvalue weighted by Crippen LogP contribution is -2.33. The van der Waals surface area contributed by atoms with Crippen molar-refractivity contribution in [3.8, 4) is 11.5 Å². The number of benzene rings is 3. The minimum atomic E-state index is -0.963. The van der Waals surface area contributed by atoms with Crippen LogP contribution in [0.1, 0.15) is 33.6 Å². The van der Waals surface area contributed by atoms with E-state index in [1.807, 2.05) is 0 Å². The number of aromatic hydroxyl groups is 1. The number of thiazole rings is 1. The molecule has 3 amide bonds. The maximum Gasteiger partial charge on any atom is 0.338 e. The third-order valence-corrected chi connectivity index (χ3v) is 10.3. The number of hydrogen-bond donors (Lipinski definition) is 2. The zero-order chi connectivity index (χ0) is 32.7. The van der Waals surface area contributed by atoms with Crippen LogP contribution in [0.4, 0.5) is 15.8 Å². The Bertz CT molecular complexity index is 1920. The van der Waals surface area contributed by atoms with Crippen LogP contribution in [0.5, 0.6) is 11.5 Å². The number of halogens is 1. The summed E-state index contributed by atoms with van der Waals surface area (Å²) < 4.78 is 24.9. The molecular formula is C32H26FN3O8S2. The quantitative estimate of drug-likeness (QED) is 0.207. The Balaban J connectivity index is 1.39. The van der Waals surface area contributed by atoms with Crippen LogP contribution in [0, 0.1) is 11.7 Å². The third-order valence-electron chi connectivity index (χ3n) is 7.68. The van der Waals surface area contributed by atoms with Crippen LogP contribution in [-0.2, 0) is 25.7 Å². The first-order chi connectivity index (χ1) is 22.1. The van der Waals surface area contributed by atoms with Crippen molar-refractivity contribution >= 4 is 58.2 Å². The van der Waals surface area contributed by atoms with Crippen LogP contribution in [0.25, 0.3) is 0 Å². The number of rotatable bonds is 8. The van der Waals surface area contributed by atoms with Crippen LogP contribution in [0.15, 0.2) is 76.6 Å². The fraction of sp³-hybridized carbons (Fsp3) is 0.219. The normalized spacial score (nSPS) is 18.6. The molecule has 0 bridgehead atoms. The molecule has 4 aromatic rings. The molecule has 0 saturated carbocycles. The maximum atomic E-state index is 14.1. The van der Waals surface area contributed by atoms with Gasteiger partial charge < -0.3 is 19.9 Å². The predicted octanol–water partition coefficient (Wildman–Crippen LogP) is 4.37. The average molecular weight is 664 g/mol. The Morgan fingerprint density at radius 2 is 1.72 bits per heavy atom.